The molecule has 0 aliphatic heterocycles. The third-order valence-corrected chi connectivity index (χ3v) is 2.16. The largest absolute Gasteiger partial charge is 0.387 e. The van der Waals surface area contributed by atoms with Crippen LogP contribution in [-0.2, 0) is 0 Å². The van der Waals surface area contributed by atoms with Crippen molar-refractivity contribution in [2.45, 2.75) is 32.9 Å². The molecule has 1 unspecified atom stereocenters. The fourth-order valence-corrected chi connectivity index (χ4v) is 1.28. The fourth-order valence-electron chi connectivity index (χ4n) is 1.28. The van der Waals surface area contributed by atoms with Crippen LogP contribution in [0.15, 0.2) is 18.5 Å². The molecule has 0 amide bonds. The van der Waals surface area contributed by atoms with Gasteiger partial charge in [-0.15, -0.1) is 0 Å². The Morgan fingerprint density at radius 2 is 2.21 bits per heavy atom. The van der Waals surface area contributed by atoms with E-state index in [1.54, 1.807) is 12.4 Å². The molecule has 78 valence electrons. The molecule has 1 rings (SSSR count). The van der Waals surface area contributed by atoms with Gasteiger partial charge in [0.05, 0.1) is 6.10 Å². The first-order valence-electron chi connectivity index (χ1n) is 4.93. The molecule has 0 radical (unpaired) electrons. The van der Waals surface area contributed by atoms with Crippen LogP contribution < -0.4 is 5.32 Å². The number of rotatable bonds is 4. The summed E-state index contributed by atoms with van der Waals surface area (Å²) in [6, 6.07) is 2.30. The predicted octanol–water partition coefficient (Wildman–Crippen LogP) is 1.42. The van der Waals surface area contributed by atoms with E-state index in [2.05, 4.69) is 24.1 Å². The van der Waals surface area contributed by atoms with Crippen molar-refractivity contribution in [1.82, 2.24) is 10.3 Å². The second-order valence-corrected chi connectivity index (χ2v) is 3.81. The lowest BCUT2D eigenvalue weighted by atomic mass is 10.1. The Morgan fingerprint density at radius 3 is 2.79 bits per heavy atom. The third kappa shape index (κ3) is 3.09. The lowest BCUT2D eigenvalue weighted by molar-refractivity contribution is 0.170. The van der Waals surface area contributed by atoms with Gasteiger partial charge in [-0.05, 0) is 18.6 Å². The Bertz CT molecular complexity index is 286. The quantitative estimate of drug-likeness (QED) is 0.762. The Morgan fingerprint density at radius 1 is 1.50 bits per heavy atom. The van der Waals surface area contributed by atoms with Crippen LogP contribution in [0.3, 0.4) is 0 Å². The van der Waals surface area contributed by atoms with Gasteiger partial charge in [-0.25, -0.2) is 0 Å². The maximum absolute atomic E-state index is 9.85. The summed E-state index contributed by atoms with van der Waals surface area (Å²) < 4.78 is 0. The first kappa shape index (κ1) is 11.1. The topological polar surface area (TPSA) is 45.2 Å². The summed E-state index contributed by atoms with van der Waals surface area (Å²) in [5.74, 6) is 0. The zero-order chi connectivity index (χ0) is 10.6. The predicted molar refractivity (Wildman–Crippen MR) is 57.1 cm³/mol. The summed E-state index contributed by atoms with van der Waals surface area (Å²) in [4.78, 5) is 4.01. The molecular weight excluding hydrogens is 176 g/mol. The van der Waals surface area contributed by atoms with Gasteiger partial charge in [0.1, 0.15) is 0 Å². The Labute approximate surface area is 85.2 Å². The summed E-state index contributed by atoms with van der Waals surface area (Å²) in [6.07, 6.45) is 3.00. The smallest absolute Gasteiger partial charge is 0.0931 e. The van der Waals surface area contributed by atoms with Crippen LogP contribution in [0.4, 0.5) is 0 Å². The lowest BCUT2D eigenvalue weighted by Crippen LogP contribution is -2.28. The minimum Gasteiger partial charge on any atom is -0.387 e. The number of pyridine rings is 1. The molecule has 3 nitrogen and oxygen atoms in total. The van der Waals surface area contributed by atoms with E-state index in [-0.39, 0.29) is 0 Å². The number of hydrogen-bond donors (Lipinski definition) is 2. The van der Waals surface area contributed by atoms with E-state index in [4.69, 9.17) is 0 Å². The molecular formula is C11H18N2O. The van der Waals surface area contributed by atoms with E-state index in [9.17, 15) is 5.11 Å². The van der Waals surface area contributed by atoms with Crippen LogP contribution >= 0.6 is 0 Å². The maximum atomic E-state index is 9.85. The van der Waals surface area contributed by atoms with Crippen LogP contribution in [0, 0.1) is 6.92 Å². The Balaban J connectivity index is 2.60. The lowest BCUT2D eigenvalue weighted by Gasteiger charge is -2.15. The van der Waals surface area contributed by atoms with Crippen molar-refractivity contribution in [3.05, 3.63) is 29.6 Å². The summed E-state index contributed by atoms with van der Waals surface area (Å²) in [5, 5.41) is 13.0. The van der Waals surface area contributed by atoms with Crippen molar-refractivity contribution in [3.63, 3.8) is 0 Å². The van der Waals surface area contributed by atoms with E-state index >= 15 is 0 Å². The molecule has 0 spiro atoms. The number of aromatic nitrogens is 1. The SMILES string of the molecule is Cc1ccncc1C(O)CNC(C)C. The van der Waals surface area contributed by atoms with Crippen LogP contribution in [-0.4, -0.2) is 22.7 Å². The monoisotopic (exact) mass is 194 g/mol. The highest BCUT2D eigenvalue weighted by Gasteiger charge is 2.09. The molecule has 0 bridgehead atoms. The minimum absolute atomic E-state index is 0.390. The molecule has 14 heavy (non-hydrogen) atoms. The van der Waals surface area contributed by atoms with Crippen LogP contribution in [0.2, 0.25) is 0 Å². The maximum Gasteiger partial charge on any atom is 0.0931 e. The summed E-state index contributed by atoms with van der Waals surface area (Å²) in [6.45, 7) is 6.67. The van der Waals surface area contributed by atoms with E-state index in [1.807, 2.05) is 13.0 Å². The summed E-state index contributed by atoms with van der Waals surface area (Å²) in [5.41, 5.74) is 1.98. The second-order valence-electron chi connectivity index (χ2n) is 3.81. The van der Waals surface area contributed by atoms with E-state index < -0.39 is 6.10 Å². The van der Waals surface area contributed by atoms with E-state index in [0.29, 0.717) is 12.6 Å². The standard InChI is InChI=1S/C11H18N2O/c1-8(2)13-7-11(14)10-6-12-5-4-9(10)3/h4-6,8,11,13-14H,7H2,1-3H3. The number of aryl methyl sites for hydroxylation is 1. The van der Waals surface area contributed by atoms with E-state index in [0.717, 1.165) is 11.1 Å². The van der Waals surface area contributed by atoms with Crippen LogP contribution in [0.25, 0.3) is 0 Å². The molecule has 0 saturated carbocycles. The van der Waals surface area contributed by atoms with Gasteiger partial charge >= 0.3 is 0 Å². The average Bonchev–Trinajstić information content (AvgIpc) is 2.15. The molecule has 1 heterocycles. The molecule has 2 N–H and O–H groups in total. The molecule has 3 heteroatoms. The van der Waals surface area contributed by atoms with Crippen molar-refractivity contribution in [1.29, 1.82) is 0 Å². The first-order valence-corrected chi connectivity index (χ1v) is 4.93. The molecule has 0 aromatic carbocycles. The Kier molecular flexibility index (Phi) is 4.04. The van der Waals surface area contributed by atoms with Gasteiger partial charge in [0.2, 0.25) is 0 Å². The third-order valence-electron chi connectivity index (χ3n) is 2.16. The highest BCUT2D eigenvalue weighted by molar-refractivity contribution is 5.23. The van der Waals surface area contributed by atoms with Gasteiger partial charge in [0.25, 0.3) is 0 Å². The van der Waals surface area contributed by atoms with Gasteiger partial charge in [0.15, 0.2) is 0 Å². The van der Waals surface area contributed by atoms with Crippen molar-refractivity contribution < 1.29 is 5.11 Å². The minimum atomic E-state index is -0.467. The van der Waals surface area contributed by atoms with Crippen molar-refractivity contribution in [2.24, 2.45) is 0 Å². The first-order chi connectivity index (χ1) is 6.61. The molecule has 0 aliphatic carbocycles. The fraction of sp³-hybridized carbons (Fsp3) is 0.545. The molecule has 0 aliphatic rings. The molecule has 0 fully saturated rings. The van der Waals surface area contributed by atoms with E-state index in [1.165, 1.54) is 0 Å². The number of nitrogens with one attached hydrogen (secondary N) is 1. The summed E-state index contributed by atoms with van der Waals surface area (Å²) >= 11 is 0. The molecule has 0 saturated heterocycles. The molecule has 1 atom stereocenters. The van der Waals surface area contributed by atoms with Gasteiger partial charge < -0.3 is 10.4 Å². The zero-order valence-corrected chi connectivity index (χ0v) is 8.99. The number of hydrogen-bond acceptors (Lipinski definition) is 3. The Hall–Kier alpha value is -0.930. The van der Waals surface area contributed by atoms with Crippen molar-refractivity contribution in [3.8, 4) is 0 Å². The number of nitrogens with zero attached hydrogens (tertiary/aromatic N) is 1. The van der Waals surface area contributed by atoms with Crippen LogP contribution in [0.5, 0.6) is 0 Å². The number of aliphatic hydroxyl groups is 1. The van der Waals surface area contributed by atoms with Gasteiger partial charge in [0, 0.05) is 30.5 Å². The van der Waals surface area contributed by atoms with Gasteiger partial charge in [-0.2, -0.15) is 0 Å². The highest BCUT2D eigenvalue weighted by Crippen LogP contribution is 2.14. The molecule has 1 aromatic heterocycles. The van der Waals surface area contributed by atoms with Crippen molar-refractivity contribution >= 4 is 0 Å². The highest BCUT2D eigenvalue weighted by atomic mass is 16.3. The summed E-state index contributed by atoms with van der Waals surface area (Å²) in [7, 11) is 0. The van der Waals surface area contributed by atoms with Gasteiger partial charge in [-0.3, -0.25) is 4.98 Å². The number of aliphatic hydroxyl groups excluding tert-OH is 1. The van der Waals surface area contributed by atoms with Crippen molar-refractivity contribution in [2.75, 3.05) is 6.54 Å². The van der Waals surface area contributed by atoms with Gasteiger partial charge in [-0.1, -0.05) is 13.8 Å². The normalized spacial score (nSPS) is 13.2. The second kappa shape index (κ2) is 5.08. The zero-order valence-electron chi connectivity index (χ0n) is 8.99. The average molecular weight is 194 g/mol. The van der Waals surface area contributed by atoms with Crippen LogP contribution in [0.1, 0.15) is 31.1 Å². The molecule has 1 aromatic rings.